The molecule has 1 amide bonds. The predicted octanol–water partition coefficient (Wildman–Crippen LogP) is 5.12. The molecule has 1 fully saturated rings. The van der Waals surface area contributed by atoms with Crippen LogP contribution in [0.2, 0.25) is 0 Å². The van der Waals surface area contributed by atoms with Crippen LogP contribution in [-0.2, 0) is 11.3 Å². The van der Waals surface area contributed by atoms with Crippen LogP contribution in [0.15, 0.2) is 42.5 Å². The van der Waals surface area contributed by atoms with Crippen molar-refractivity contribution >= 4 is 17.3 Å². The van der Waals surface area contributed by atoms with E-state index in [1.807, 2.05) is 38.1 Å². The molecule has 4 nitrogen and oxygen atoms in total. The Morgan fingerprint density at radius 3 is 2.39 bits per heavy atom. The van der Waals surface area contributed by atoms with Crippen LogP contribution in [0.3, 0.4) is 0 Å². The Labute approximate surface area is 169 Å². The van der Waals surface area contributed by atoms with E-state index in [1.165, 1.54) is 37.7 Å². The number of aryl methyl sites for hydroxylation is 2. The van der Waals surface area contributed by atoms with Crippen molar-refractivity contribution in [1.29, 1.82) is 0 Å². The molecule has 1 aliphatic rings. The minimum Gasteiger partial charge on any atom is -0.376 e. The van der Waals surface area contributed by atoms with Crippen molar-refractivity contribution in [3.05, 3.63) is 59.2 Å². The number of carbonyl (C=O) groups is 1. The van der Waals surface area contributed by atoms with Gasteiger partial charge in [-0.05, 0) is 56.5 Å². The van der Waals surface area contributed by atoms with Gasteiger partial charge in [-0.1, -0.05) is 55.7 Å². The molecule has 0 aromatic heterocycles. The summed E-state index contributed by atoms with van der Waals surface area (Å²) < 4.78 is 0. The van der Waals surface area contributed by atoms with Gasteiger partial charge >= 0.3 is 0 Å². The van der Waals surface area contributed by atoms with Gasteiger partial charge in [0.05, 0.1) is 6.54 Å². The van der Waals surface area contributed by atoms with E-state index in [2.05, 4.69) is 40.8 Å². The number of anilines is 2. The quantitative estimate of drug-likeness (QED) is 0.702. The first-order chi connectivity index (χ1) is 13.5. The van der Waals surface area contributed by atoms with E-state index in [4.69, 9.17) is 0 Å². The van der Waals surface area contributed by atoms with Crippen LogP contribution in [-0.4, -0.2) is 30.4 Å². The summed E-state index contributed by atoms with van der Waals surface area (Å²) in [5.74, 6) is -0.0205. The zero-order valence-corrected chi connectivity index (χ0v) is 17.4. The van der Waals surface area contributed by atoms with Gasteiger partial charge in [0.15, 0.2) is 0 Å². The number of hydrogen-bond acceptors (Lipinski definition) is 3. The van der Waals surface area contributed by atoms with Crippen molar-refractivity contribution < 1.29 is 4.79 Å². The number of para-hydroxylation sites is 2. The van der Waals surface area contributed by atoms with Gasteiger partial charge in [0, 0.05) is 24.0 Å². The van der Waals surface area contributed by atoms with Crippen LogP contribution in [0.4, 0.5) is 11.4 Å². The smallest absolute Gasteiger partial charge is 0.243 e. The van der Waals surface area contributed by atoms with Gasteiger partial charge in [-0.3, -0.25) is 9.69 Å². The molecule has 1 saturated carbocycles. The molecule has 2 N–H and O–H groups in total. The first kappa shape index (κ1) is 20.4. The standard InChI is InChI=1S/C24H33N3O/c1-18-10-9-11-19(2)24(18)26-23(28)16-25-22-15-8-7-12-20(22)17-27(3)21-13-5-4-6-14-21/h7-12,15,21,25H,4-6,13-14,16-17H2,1-3H3,(H,26,28). The maximum atomic E-state index is 12.5. The molecule has 0 saturated heterocycles. The Balaban J connectivity index is 1.59. The van der Waals surface area contributed by atoms with Crippen LogP contribution < -0.4 is 10.6 Å². The summed E-state index contributed by atoms with van der Waals surface area (Å²) in [4.78, 5) is 15.0. The largest absolute Gasteiger partial charge is 0.376 e. The summed E-state index contributed by atoms with van der Waals surface area (Å²) in [5, 5.41) is 6.39. The average molecular weight is 380 g/mol. The number of benzene rings is 2. The van der Waals surface area contributed by atoms with Gasteiger partial charge < -0.3 is 10.6 Å². The van der Waals surface area contributed by atoms with Crippen LogP contribution >= 0.6 is 0 Å². The van der Waals surface area contributed by atoms with Crippen molar-refractivity contribution in [3.63, 3.8) is 0 Å². The maximum Gasteiger partial charge on any atom is 0.243 e. The lowest BCUT2D eigenvalue weighted by atomic mass is 9.94. The second kappa shape index (κ2) is 9.74. The van der Waals surface area contributed by atoms with E-state index in [9.17, 15) is 4.79 Å². The number of rotatable bonds is 7. The molecule has 28 heavy (non-hydrogen) atoms. The number of nitrogens with zero attached hydrogens (tertiary/aromatic N) is 1. The van der Waals surface area contributed by atoms with Crippen molar-refractivity contribution in [2.24, 2.45) is 0 Å². The summed E-state index contributed by atoms with van der Waals surface area (Å²) in [6, 6.07) is 15.0. The van der Waals surface area contributed by atoms with Gasteiger partial charge in [-0.25, -0.2) is 0 Å². The molecule has 2 aromatic rings. The molecule has 0 atom stereocenters. The zero-order valence-electron chi connectivity index (χ0n) is 17.4. The van der Waals surface area contributed by atoms with Crippen molar-refractivity contribution in [3.8, 4) is 0 Å². The topological polar surface area (TPSA) is 44.4 Å². The summed E-state index contributed by atoms with van der Waals surface area (Å²) in [5.41, 5.74) is 5.38. The third-order valence-electron chi connectivity index (χ3n) is 5.82. The van der Waals surface area contributed by atoms with E-state index in [0.29, 0.717) is 6.04 Å². The Hall–Kier alpha value is -2.33. The first-order valence-electron chi connectivity index (χ1n) is 10.4. The molecule has 0 radical (unpaired) electrons. The molecule has 0 unspecified atom stereocenters. The van der Waals surface area contributed by atoms with E-state index >= 15 is 0 Å². The first-order valence-corrected chi connectivity index (χ1v) is 10.4. The zero-order chi connectivity index (χ0) is 19.9. The lowest BCUT2D eigenvalue weighted by Crippen LogP contribution is -2.33. The molecule has 0 spiro atoms. The molecule has 2 aromatic carbocycles. The summed E-state index contributed by atoms with van der Waals surface area (Å²) in [7, 11) is 2.22. The van der Waals surface area contributed by atoms with Crippen LogP contribution in [0, 0.1) is 13.8 Å². The molecule has 0 heterocycles. The number of carbonyl (C=O) groups excluding carboxylic acids is 1. The van der Waals surface area contributed by atoms with Gasteiger partial charge in [0.25, 0.3) is 0 Å². The van der Waals surface area contributed by atoms with Gasteiger partial charge in [0.1, 0.15) is 0 Å². The highest BCUT2D eigenvalue weighted by molar-refractivity contribution is 5.95. The summed E-state index contributed by atoms with van der Waals surface area (Å²) >= 11 is 0. The maximum absolute atomic E-state index is 12.5. The second-order valence-corrected chi connectivity index (χ2v) is 8.03. The Morgan fingerprint density at radius 2 is 1.68 bits per heavy atom. The van der Waals surface area contributed by atoms with Crippen molar-refractivity contribution in [2.75, 3.05) is 24.2 Å². The molecule has 3 rings (SSSR count). The number of hydrogen-bond donors (Lipinski definition) is 2. The molecule has 0 bridgehead atoms. The Morgan fingerprint density at radius 1 is 1.00 bits per heavy atom. The van der Waals surface area contributed by atoms with Gasteiger partial charge in [-0.15, -0.1) is 0 Å². The fourth-order valence-corrected chi connectivity index (χ4v) is 4.12. The lowest BCUT2D eigenvalue weighted by molar-refractivity contribution is -0.114. The highest BCUT2D eigenvalue weighted by Crippen LogP contribution is 2.25. The normalized spacial score (nSPS) is 14.9. The summed E-state index contributed by atoms with van der Waals surface area (Å²) in [6.07, 6.45) is 6.65. The van der Waals surface area contributed by atoms with Crippen LogP contribution in [0.5, 0.6) is 0 Å². The molecule has 150 valence electrons. The van der Waals surface area contributed by atoms with Crippen molar-refractivity contribution in [1.82, 2.24) is 4.90 Å². The number of amides is 1. The van der Waals surface area contributed by atoms with Gasteiger partial charge in [0.2, 0.25) is 5.91 Å². The lowest BCUT2D eigenvalue weighted by Gasteiger charge is -2.31. The molecule has 0 aliphatic heterocycles. The van der Waals surface area contributed by atoms with E-state index < -0.39 is 0 Å². The minimum absolute atomic E-state index is 0.0205. The van der Waals surface area contributed by atoms with Gasteiger partial charge in [-0.2, -0.15) is 0 Å². The third-order valence-corrected chi connectivity index (χ3v) is 5.82. The predicted molar refractivity (Wildman–Crippen MR) is 118 cm³/mol. The second-order valence-electron chi connectivity index (χ2n) is 8.03. The monoisotopic (exact) mass is 379 g/mol. The van der Waals surface area contributed by atoms with Crippen LogP contribution in [0.25, 0.3) is 0 Å². The van der Waals surface area contributed by atoms with E-state index in [0.717, 1.165) is 29.0 Å². The highest BCUT2D eigenvalue weighted by atomic mass is 16.1. The van der Waals surface area contributed by atoms with E-state index in [-0.39, 0.29) is 12.5 Å². The van der Waals surface area contributed by atoms with Crippen LogP contribution in [0.1, 0.15) is 48.8 Å². The number of nitrogens with one attached hydrogen (secondary N) is 2. The fourth-order valence-electron chi connectivity index (χ4n) is 4.12. The Bertz CT molecular complexity index is 776. The minimum atomic E-state index is -0.0205. The molecular weight excluding hydrogens is 346 g/mol. The molecular formula is C24H33N3O. The average Bonchev–Trinajstić information content (AvgIpc) is 2.71. The third kappa shape index (κ3) is 5.35. The van der Waals surface area contributed by atoms with E-state index in [1.54, 1.807) is 0 Å². The Kier molecular flexibility index (Phi) is 7.10. The fraction of sp³-hybridized carbons (Fsp3) is 0.458. The SMILES string of the molecule is Cc1cccc(C)c1NC(=O)CNc1ccccc1CN(C)C1CCCCC1. The van der Waals surface area contributed by atoms with Crippen molar-refractivity contribution in [2.45, 2.75) is 58.5 Å². The highest BCUT2D eigenvalue weighted by Gasteiger charge is 2.19. The molecule has 1 aliphatic carbocycles. The summed E-state index contributed by atoms with van der Waals surface area (Å²) in [6.45, 7) is 5.21. The molecule has 4 heteroatoms.